The molecule has 2 fully saturated rings. The lowest BCUT2D eigenvalue weighted by Crippen LogP contribution is -2.59. The first-order valence-corrected chi connectivity index (χ1v) is 8.94. The van der Waals surface area contributed by atoms with Gasteiger partial charge in [0, 0.05) is 32.1 Å². The molecule has 3 aliphatic heterocycles. The Labute approximate surface area is 147 Å². The maximum absolute atomic E-state index is 12.6. The van der Waals surface area contributed by atoms with Gasteiger partial charge < -0.3 is 25.6 Å². The number of hydrogen-bond donors (Lipinski definition) is 3. The Balaban J connectivity index is 1.38. The fourth-order valence-electron chi connectivity index (χ4n) is 3.84. The summed E-state index contributed by atoms with van der Waals surface area (Å²) in [6.45, 7) is 3.28. The summed E-state index contributed by atoms with van der Waals surface area (Å²) in [5.41, 5.74) is 1.16. The number of fused-ring (bicyclic) bond motifs is 1. The number of likely N-dealkylation sites (tertiary alicyclic amines) is 1. The highest BCUT2D eigenvalue weighted by atomic mass is 16.5. The second kappa shape index (κ2) is 6.65. The minimum Gasteiger partial charge on any atom is -0.378 e. The highest BCUT2D eigenvalue weighted by Crippen LogP contribution is 2.36. The van der Waals surface area contributed by atoms with Gasteiger partial charge in [0.1, 0.15) is 5.54 Å². The third kappa shape index (κ3) is 3.21. The molecule has 0 aromatic heterocycles. The van der Waals surface area contributed by atoms with Crippen molar-refractivity contribution in [1.82, 2.24) is 10.2 Å². The number of nitrogens with one attached hydrogen (secondary N) is 3. The Morgan fingerprint density at radius 2 is 2.00 bits per heavy atom. The first kappa shape index (κ1) is 16.4. The summed E-state index contributed by atoms with van der Waals surface area (Å²) in [7, 11) is 0. The van der Waals surface area contributed by atoms with E-state index in [0.717, 1.165) is 17.9 Å². The van der Waals surface area contributed by atoms with Crippen LogP contribution in [0.2, 0.25) is 0 Å². The van der Waals surface area contributed by atoms with E-state index in [4.69, 9.17) is 4.74 Å². The zero-order valence-electron chi connectivity index (χ0n) is 14.2. The van der Waals surface area contributed by atoms with E-state index >= 15 is 0 Å². The van der Waals surface area contributed by atoms with E-state index in [1.165, 1.54) is 0 Å². The van der Waals surface area contributed by atoms with E-state index in [9.17, 15) is 9.59 Å². The molecular formula is C18H24N4O3. The van der Waals surface area contributed by atoms with E-state index in [-0.39, 0.29) is 17.9 Å². The molecule has 2 saturated heterocycles. The normalized spacial score (nSPS) is 25.0. The van der Waals surface area contributed by atoms with Gasteiger partial charge in [0.05, 0.1) is 24.6 Å². The van der Waals surface area contributed by atoms with E-state index < -0.39 is 5.54 Å². The first-order chi connectivity index (χ1) is 12.2. The molecule has 3 N–H and O–H groups in total. The molecule has 2 amide bonds. The quantitative estimate of drug-likeness (QED) is 0.739. The maximum Gasteiger partial charge on any atom is 0.250 e. The summed E-state index contributed by atoms with van der Waals surface area (Å²) < 4.78 is 5.41. The Morgan fingerprint density at radius 3 is 2.72 bits per heavy atom. The first-order valence-electron chi connectivity index (χ1n) is 8.94. The predicted molar refractivity (Wildman–Crippen MR) is 94.5 cm³/mol. The van der Waals surface area contributed by atoms with Gasteiger partial charge in [-0.05, 0) is 25.0 Å². The molecule has 0 bridgehead atoms. The summed E-state index contributed by atoms with van der Waals surface area (Å²) >= 11 is 0. The highest BCUT2D eigenvalue weighted by Gasteiger charge is 2.45. The smallest absolute Gasteiger partial charge is 0.250 e. The van der Waals surface area contributed by atoms with Gasteiger partial charge in [-0.15, -0.1) is 0 Å². The molecule has 0 aliphatic carbocycles. The minimum absolute atomic E-state index is 0.000598. The second-order valence-electron chi connectivity index (χ2n) is 7.02. The minimum atomic E-state index is -0.614. The Hall–Kier alpha value is -2.12. The molecule has 134 valence electrons. The predicted octanol–water partition coefficient (Wildman–Crippen LogP) is 0.790. The fourth-order valence-corrected chi connectivity index (χ4v) is 3.84. The van der Waals surface area contributed by atoms with E-state index in [1.807, 2.05) is 29.2 Å². The lowest BCUT2D eigenvalue weighted by Gasteiger charge is -2.44. The summed E-state index contributed by atoms with van der Waals surface area (Å²) in [6.07, 6.45) is 1.69. The Kier molecular flexibility index (Phi) is 4.35. The maximum atomic E-state index is 12.6. The fraction of sp³-hybridized carbons (Fsp3) is 0.556. The van der Waals surface area contributed by atoms with Crippen LogP contribution in [0.25, 0.3) is 0 Å². The SMILES string of the molecule is O=C(C[C@H]1COCCN1)N1CCC2(CC1)Nc1ccccc1NC2=O. The van der Waals surface area contributed by atoms with Crippen LogP contribution in [0.1, 0.15) is 19.3 Å². The zero-order valence-corrected chi connectivity index (χ0v) is 14.2. The standard InChI is InChI=1S/C18H24N4O3/c23-16(11-13-12-25-10-7-19-13)22-8-5-18(6-9-22)17(24)20-14-3-1-2-4-15(14)21-18/h1-4,13,19,21H,5-12H2,(H,20,24)/t13-/m0/s1. The number of piperidine rings is 1. The number of nitrogens with zero attached hydrogens (tertiary/aromatic N) is 1. The van der Waals surface area contributed by atoms with Crippen LogP contribution >= 0.6 is 0 Å². The molecule has 0 saturated carbocycles. The van der Waals surface area contributed by atoms with Crippen molar-refractivity contribution in [3.63, 3.8) is 0 Å². The van der Waals surface area contributed by atoms with Crippen LogP contribution in [0.15, 0.2) is 24.3 Å². The molecular weight excluding hydrogens is 320 g/mol. The number of ether oxygens (including phenoxy) is 1. The van der Waals surface area contributed by atoms with Gasteiger partial charge in [0.2, 0.25) is 11.8 Å². The molecule has 1 aromatic carbocycles. The van der Waals surface area contributed by atoms with Crippen molar-refractivity contribution in [2.45, 2.75) is 30.8 Å². The molecule has 1 spiro atoms. The monoisotopic (exact) mass is 344 g/mol. The van der Waals surface area contributed by atoms with Gasteiger partial charge in [-0.1, -0.05) is 12.1 Å². The third-order valence-corrected chi connectivity index (χ3v) is 5.37. The Bertz CT molecular complexity index is 664. The highest BCUT2D eigenvalue weighted by molar-refractivity contribution is 6.06. The molecule has 3 heterocycles. The van der Waals surface area contributed by atoms with Crippen molar-refractivity contribution in [1.29, 1.82) is 0 Å². The molecule has 1 atom stereocenters. The van der Waals surface area contributed by atoms with Gasteiger partial charge in [-0.2, -0.15) is 0 Å². The van der Waals surface area contributed by atoms with Crippen LogP contribution in [-0.2, 0) is 14.3 Å². The van der Waals surface area contributed by atoms with E-state index in [0.29, 0.717) is 45.6 Å². The number of para-hydroxylation sites is 2. The summed E-state index contributed by atoms with van der Waals surface area (Å²) in [4.78, 5) is 27.0. The van der Waals surface area contributed by atoms with Gasteiger partial charge in [-0.3, -0.25) is 9.59 Å². The van der Waals surface area contributed by atoms with Crippen molar-refractivity contribution < 1.29 is 14.3 Å². The summed E-state index contributed by atoms with van der Waals surface area (Å²) in [5, 5.41) is 9.73. The van der Waals surface area contributed by atoms with Gasteiger partial charge >= 0.3 is 0 Å². The number of carbonyl (C=O) groups is 2. The summed E-state index contributed by atoms with van der Waals surface area (Å²) in [6, 6.07) is 7.83. The van der Waals surface area contributed by atoms with Crippen LogP contribution < -0.4 is 16.0 Å². The average molecular weight is 344 g/mol. The van der Waals surface area contributed by atoms with Gasteiger partial charge in [0.15, 0.2) is 0 Å². The summed E-state index contributed by atoms with van der Waals surface area (Å²) in [5.74, 6) is 0.134. The van der Waals surface area contributed by atoms with Crippen LogP contribution in [-0.4, -0.2) is 61.1 Å². The topological polar surface area (TPSA) is 82.7 Å². The average Bonchev–Trinajstić information content (AvgIpc) is 2.64. The molecule has 7 nitrogen and oxygen atoms in total. The van der Waals surface area contributed by atoms with Crippen LogP contribution in [0.5, 0.6) is 0 Å². The number of amides is 2. The lowest BCUT2D eigenvalue weighted by atomic mass is 9.84. The molecule has 1 aromatic rings. The number of carbonyl (C=O) groups excluding carboxylic acids is 2. The van der Waals surface area contributed by atoms with Crippen molar-refractivity contribution in [2.24, 2.45) is 0 Å². The molecule has 3 aliphatic rings. The third-order valence-electron chi connectivity index (χ3n) is 5.37. The van der Waals surface area contributed by atoms with Gasteiger partial charge in [0.25, 0.3) is 0 Å². The van der Waals surface area contributed by atoms with Crippen molar-refractivity contribution in [3.05, 3.63) is 24.3 Å². The lowest BCUT2D eigenvalue weighted by molar-refractivity contribution is -0.135. The van der Waals surface area contributed by atoms with Crippen molar-refractivity contribution in [2.75, 3.05) is 43.5 Å². The van der Waals surface area contributed by atoms with Crippen LogP contribution in [0, 0.1) is 0 Å². The second-order valence-corrected chi connectivity index (χ2v) is 7.02. The zero-order chi connectivity index (χ0) is 17.3. The number of anilines is 2. The number of rotatable bonds is 2. The Morgan fingerprint density at radius 1 is 1.24 bits per heavy atom. The molecule has 0 unspecified atom stereocenters. The number of hydrogen-bond acceptors (Lipinski definition) is 5. The molecule has 25 heavy (non-hydrogen) atoms. The number of morpholine rings is 1. The largest absolute Gasteiger partial charge is 0.378 e. The van der Waals surface area contributed by atoms with E-state index in [2.05, 4.69) is 16.0 Å². The van der Waals surface area contributed by atoms with E-state index in [1.54, 1.807) is 0 Å². The van der Waals surface area contributed by atoms with Gasteiger partial charge in [-0.25, -0.2) is 0 Å². The van der Waals surface area contributed by atoms with Crippen molar-refractivity contribution in [3.8, 4) is 0 Å². The number of benzene rings is 1. The van der Waals surface area contributed by atoms with Crippen LogP contribution in [0.4, 0.5) is 11.4 Å². The molecule has 7 heteroatoms. The van der Waals surface area contributed by atoms with Crippen LogP contribution in [0.3, 0.4) is 0 Å². The molecule has 4 rings (SSSR count). The molecule has 0 radical (unpaired) electrons. The van der Waals surface area contributed by atoms with Crippen molar-refractivity contribution >= 4 is 23.2 Å².